The molecule has 0 aliphatic heterocycles. The lowest BCUT2D eigenvalue weighted by Gasteiger charge is -2.10. The third-order valence-electron chi connectivity index (χ3n) is 2.69. The van der Waals surface area contributed by atoms with Gasteiger partial charge in [0.15, 0.2) is 5.78 Å². The number of carbonyl (C=O) groups excluding carboxylic acids is 1. The third kappa shape index (κ3) is 3.22. The first-order valence-corrected chi connectivity index (χ1v) is 6.44. The zero-order valence-electron chi connectivity index (χ0n) is 11.5. The molecule has 0 aliphatic carbocycles. The first-order valence-electron chi connectivity index (χ1n) is 6.44. The van der Waals surface area contributed by atoms with Gasteiger partial charge in [0.1, 0.15) is 5.75 Å². The molecule has 4 heteroatoms. The van der Waals surface area contributed by atoms with Crippen LogP contribution in [0.15, 0.2) is 36.7 Å². The summed E-state index contributed by atoms with van der Waals surface area (Å²) in [5.41, 5.74) is 1.22. The van der Waals surface area contributed by atoms with Gasteiger partial charge in [-0.25, -0.2) is 0 Å². The Morgan fingerprint density at radius 2 is 2.16 bits per heavy atom. The van der Waals surface area contributed by atoms with Crippen LogP contribution in [0, 0.1) is 0 Å². The summed E-state index contributed by atoms with van der Waals surface area (Å²) in [6.07, 6.45) is 3.45. The summed E-state index contributed by atoms with van der Waals surface area (Å²) in [6.45, 7) is 6.65. The summed E-state index contributed by atoms with van der Waals surface area (Å²) in [4.78, 5) is 12.3. The van der Waals surface area contributed by atoms with Crippen molar-refractivity contribution in [2.45, 2.75) is 33.4 Å². The van der Waals surface area contributed by atoms with E-state index in [4.69, 9.17) is 4.74 Å². The van der Waals surface area contributed by atoms with Crippen LogP contribution in [0.3, 0.4) is 0 Å². The Hall–Kier alpha value is -2.10. The van der Waals surface area contributed by atoms with Gasteiger partial charge in [-0.1, -0.05) is 12.1 Å². The highest BCUT2D eigenvalue weighted by Crippen LogP contribution is 2.17. The molecule has 0 saturated carbocycles. The Morgan fingerprint density at radius 3 is 2.79 bits per heavy atom. The summed E-state index contributed by atoms with van der Waals surface area (Å²) >= 11 is 0. The number of rotatable bonds is 5. The van der Waals surface area contributed by atoms with Gasteiger partial charge in [-0.05, 0) is 32.9 Å². The van der Waals surface area contributed by atoms with E-state index in [0.717, 1.165) is 6.54 Å². The molecule has 0 saturated heterocycles. The van der Waals surface area contributed by atoms with Gasteiger partial charge >= 0.3 is 0 Å². The Balaban J connectivity index is 2.23. The van der Waals surface area contributed by atoms with Gasteiger partial charge in [-0.3, -0.25) is 9.48 Å². The van der Waals surface area contributed by atoms with Gasteiger partial charge in [0, 0.05) is 18.3 Å². The molecule has 100 valence electrons. The molecule has 2 aromatic rings. The van der Waals surface area contributed by atoms with Gasteiger partial charge < -0.3 is 4.74 Å². The van der Waals surface area contributed by atoms with E-state index in [0.29, 0.717) is 16.9 Å². The minimum atomic E-state index is -0.0334. The molecule has 0 unspecified atom stereocenters. The lowest BCUT2D eigenvalue weighted by Crippen LogP contribution is -2.07. The smallest absolute Gasteiger partial charge is 0.196 e. The van der Waals surface area contributed by atoms with E-state index in [1.54, 1.807) is 29.2 Å². The van der Waals surface area contributed by atoms with Crippen molar-refractivity contribution in [1.82, 2.24) is 9.78 Å². The zero-order chi connectivity index (χ0) is 13.8. The molecule has 0 spiro atoms. The average Bonchev–Trinajstić information content (AvgIpc) is 2.86. The maximum absolute atomic E-state index is 12.3. The molecule has 0 fully saturated rings. The predicted octanol–water partition coefficient (Wildman–Crippen LogP) is 2.92. The Bertz CT molecular complexity index is 573. The van der Waals surface area contributed by atoms with Crippen molar-refractivity contribution in [1.29, 1.82) is 0 Å². The number of carbonyl (C=O) groups is 1. The van der Waals surface area contributed by atoms with Gasteiger partial charge in [-0.2, -0.15) is 5.10 Å². The first kappa shape index (κ1) is 13.3. The van der Waals surface area contributed by atoms with Crippen molar-refractivity contribution in [3.8, 4) is 5.75 Å². The second-order valence-corrected chi connectivity index (χ2v) is 4.61. The second kappa shape index (κ2) is 5.69. The largest absolute Gasteiger partial charge is 0.491 e. The van der Waals surface area contributed by atoms with E-state index in [1.807, 2.05) is 32.9 Å². The lowest BCUT2D eigenvalue weighted by atomic mass is 10.1. The number of ether oxygens (including phenoxy) is 1. The summed E-state index contributed by atoms with van der Waals surface area (Å²) in [7, 11) is 0. The van der Waals surface area contributed by atoms with E-state index in [1.165, 1.54) is 0 Å². The number of hydrogen-bond acceptors (Lipinski definition) is 3. The summed E-state index contributed by atoms with van der Waals surface area (Å²) < 4.78 is 7.33. The standard InChI is InChI=1S/C15H18N2O2/c1-4-17-10-13(9-16-17)15(18)12-6-5-7-14(8-12)19-11(2)3/h5-11H,4H2,1-3H3. The van der Waals surface area contributed by atoms with E-state index in [9.17, 15) is 4.79 Å². The monoisotopic (exact) mass is 258 g/mol. The third-order valence-corrected chi connectivity index (χ3v) is 2.69. The number of nitrogens with zero attached hydrogens (tertiary/aromatic N) is 2. The van der Waals surface area contributed by atoms with Crippen molar-refractivity contribution in [3.05, 3.63) is 47.8 Å². The van der Waals surface area contributed by atoms with Crippen LogP contribution >= 0.6 is 0 Å². The second-order valence-electron chi connectivity index (χ2n) is 4.61. The van der Waals surface area contributed by atoms with Crippen molar-refractivity contribution in [2.24, 2.45) is 0 Å². The number of hydrogen-bond donors (Lipinski definition) is 0. The highest BCUT2D eigenvalue weighted by atomic mass is 16.5. The van der Waals surface area contributed by atoms with Crippen LogP contribution in [0.5, 0.6) is 5.75 Å². The van der Waals surface area contributed by atoms with Crippen molar-refractivity contribution >= 4 is 5.78 Å². The highest BCUT2D eigenvalue weighted by Gasteiger charge is 2.12. The molecule has 4 nitrogen and oxygen atoms in total. The predicted molar refractivity (Wildman–Crippen MR) is 73.5 cm³/mol. The molecule has 1 aromatic carbocycles. The summed E-state index contributed by atoms with van der Waals surface area (Å²) in [5.74, 6) is 0.678. The maximum atomic E-state index is 12.3. The van der Waals surface area contributed by atoms with Gasteiger partial charge in [-0.15, -0.1) is 0 Å². The zero-order valence-corrected chi connectivity index (χ0v) is 11.5. The fraction of sp³-hybridized carbons (Fsp3) is 0.333. The minimum Gasteiger partial charge on any atom is -0.491 e. The van der Waals surface area contributed by atoms with Gasteiger partial charge in [0.2, 0.25) is 0 Å². The van der Waals surface area contributed by atoms with Crippen molar-refractivity contribution in [2.75, 3.05) is 0 Å². The van der Waals surface area contributed by atoms with Crippen LogP contribution in [0.25, 0.3) is 0 Å². The molecule has 0 bridgehead atoms. The Morgan fingerprint density at radius 1 is 1.37 bits per heavy atom. The molecule has 1 heterocycles. The van der Waals surface area contributed by atoms with Crippen LogP contribution in [0.4, 0.5) is 0 Å². The molecular weight excluding hydrogens is 240 g/mol. The summed E-state index contributed by atoms with van der Waals surface area (Å²) in [6, 6.07) is 7.24. The normalized spacial score (nSPS) is 10.7. The van der Waals surface area contributed by atoms with Crippen LogP contribution < -0.4 is 4.74 Å². The molecule has 0 aliphatic rings. The molecule has 0 amide bonds. The SMILES string of the molecule is CCn1cc(C(=O)c2cccc(OC(C)C)c2)cn1. The molecular formula is C15H18N2O2. The van der Waals surface area contributed by atoms with Crippen LogP contribution in [-0.2, 0) is 6.54 Å². The molecule has 0 atom stereocenters. The molecule has 1 aromatic heterocycles. The number of benzene rings is 1. The van der Waals surface area contributed by atoms with Gasteiger partial charge in [0.25, 0.3) is 0 Å². The quantitative estimate of drug-likeness (QED) is 0.774. The number of aryl methyl sites for hydroxylation is 1. The Kier molecular flexibility index (Phi) is 4.00. The highest BCUT2D eigenvalue weighted by molar-refractivity contribution is 6.08. The number of aromatic nitrogens is 2. The van der Waals surface area contributed by atoms with E-state index in [2.05, 4.69) is 5.10 Å². The van der Waals surface area contributed by atoms with Crippen LogP contribution in [-0.4, -0.2) is 21.7 Å². The molecule has 0 N–H and O–H groups in total. The van der Waals surface area contributed by atoms with Gasteiger partial charge in [0.05, 0.1) is 17.9 Å². The van der Waals surface area contributed by atoms with Crippen molar-refractivity contribution in [3.63, 3.8) is 0 Å². The Labute approximate surface area is 113 Å². The van der Waals surface area contributed by atoms with Crippen LogP contribution in [0.2, 0.25) is 0 Å². The van der Waals surface area contributed by atoms with E-state index >= 15 is 0 Å². The van der Waals surface area contributed by atoms with Crippen molar-refractivity contribution < 1.29 is 9.53 Å². The fourth-order valence-electron chi connectivity index (χ4n) is 1.80. The topological polar surface area (TPSA) is 44.1 Å². The molecule has 0 radical (unpaired) electrons. The van der Waals surface area contributed by atoms with E-state index < -0.39 is 0 Å². The maximum Gasteiger partial charge on any atom is 0.196 e. The first-order chi connectivity index (χ1) is 9.10. The van der Waals surface area contributed by atoms with E-state index in [-0.39, 0.29) is 11.9 Å². The fourth-order valence-corrected chi connectivity index (χ4v) is 1.80. The summed E-state index contributed by atoms with van der Waals surface area (Å²) in [5, 5.41) is 4.12. The average molecular weight is 258 g/mol. The number of ketones is 1. The van der Waals surface area contributed by atoms with Crippen LogP contribution in [0.1, 0.15) is 36.7 Å². The molecule has 19 heavy (non-hydrogen) atoms. The molecule has 2 rings (SSSR count). The minimum absolute atomic E-state index is 0.0334. The lowest BCUT2D eigenvalue weighted by molar-refractivity contribution is 0.103.